The van der Waals surface area contributed by atoms with Crippen LogP contribution in [-0.4, -0.2) is 22.2 Å². The number of carbonyl (C=O) groups is 1. The summed E-state index contributed by atoms with van der Waals surface area (Å²) in [5.74, 6) is -0.130. The highest BCUT2D eigenvalue weighted by Crippen LogP contribution is 2.19. The van der Waals surface area contributed by atoms with E-state index in [0.717, 1.165) is 56.2 Å². The average Bonchev–Trinajstić information content (AvgIpc) is 2.81. The normalized spacial score (nSPS) is 17.6. The molecule has 0 bridgehead atoms. The molecule has 5 heteroatoms. The highest BCUT2D eigenvalue weighted by Gasteiger charge is 2.14. The molecule has 3 rings (SSSR count). The summed E-state index contributed by atoms with van der Waals surface area (Å²) in [5.41, 5.74) is 3.34. The Hall–Kier alpha value is -1.91. The summed E-state index contributed by atoms with van der Waals surface area (Å²) in [4.78, 5) is 24.3. The molecule has 2 aliphatic rings. The van der Waals surface area contributed by atoms with Gasteiger partial charge < -0.3 is 5.32 Å². The van der Waals surface area contributed by atoms with Crippen molar-refractivity contribution in [2.24, 2.45) is 0 Å². The zero-order chi connectivity index (χ0) is 16.8. The van der Waals surface area contributed by atoms with E-state index in [1.807, 2.05) is 0 Å². The summed E-state index contributed by atoms with van der Waals surface area (Å²) < 4.78 is 1.32. The first-order valence-corrected chi connectivity index (χ1v) is 9.27. The number of carbonyl (C=O) groups excluding carboxylic acids is 1. The number of aromatic nitrogens is 2. The van der Waals surface area contributed by atoms with E-state index in [-0.39, 0.29) is 18.0 Å². The van der Waals surface area contributed by atoms with Gasteiger partial charge in [-0.05, 0) is 63.4 Å². The molecule has 0 saturated carbocycles. The lowest BCUT2D eigenvalue weighted by atomic mass is 9.97. The van der Waals surface area contributed by atoms with Gasteiger partial charge in [-0.2, -0.15) is 5.10 Å². The predicted molar refractivity (Wildman–Crippen MR) is 93.9 cm³/mol. The molecule has 2 aliphatic carbocycles. The van der Waals surface area contributed by atoms with Crippen molar-refractivity contribution in [2.75, 3.05) is 6.54 Å². The largest absolute Gasteiger partial charge is 0.354 e. The van der Waals surface area contributed by atoms with Crippen LogP contribution in [-0.2, 0) is 24.2 Å². The number of allylic oxidation sites excluding steroid dienone is 1. The van der Waals surface area contributed by atoms with E-state index in [0.29, 0.717) is 6.54 Å². The number of hydrogen-bond acceptors (Lipinski definition) is 3. The Morgan fingerprint density at radius 3 is 2.79 bits per heavy atom. The molecule has 0 unspecified atom stereocenters. The maximum Gasteiger partial charge on any atom is 0.267 e. The van der Waals surface area contributed by atoms with Crippen LogP contribution in [0.1, 0.15) is 62.6 Å². The van der Waals surface area contributed by atoms with Crippen molar-refractivity contribution < 1.29 is 4.79 Å². The van der Waals surface area contributed by atoms with Crippen LogP contribution < -0.4 is 10.9 Å². The van der Waals surface area contributed by atoms with Crippen molar-refractivity contribution in [3.05, 3.63) is 39.3 Å². The van der Waals surface area contributed by atoms with Gasteiger partial charge >= 0.3 is 0 Å². The number of fused-ring (bicyclic) bond motifs is 1. The first kappa shape index (κ1) is 16.9. The Labute approximate surface area is 143 Å². The molecule has 0 atom stereocenters. The summed E-state index contributed by atoms with van der Waals surface area (Å²) in [6.07, 6.45) is 13.3. The Morgan fingerprint density at radius 1 is 1.12 bits per heavy atom. The molecule has 0 fully saturated rings. The molecule has 1 N–H and O–H groups in total. The van der Waals surface area contributed by atoms with Crippen molar-refractivity contribution in [1.82, 2.24) is 15.1 Å². The Morgan fingerprint density at radius 2 is 1.96 bits per heavy atom. The van der Waals surface area contributed by atoms with Crippen molar-refractivity contribution >= 4 is 5.91 Å². The highest BCUT2D eigenvalue weighted by atomic mass is 16.2. The second kappa shape index (κ2) is 8.27. The molecule has 0 radical (unpaired) electrons. The zero-order valence-electron chi connectivity index (χ0n) is 14.4. The van der Waals surface area contributed by atoms with Gasteiger partial charge in [0.1, 0.15) is 6.54 Å². The number of nitrogens with zero attached hydrogens (tertiary/aromatic N) is 2. The van der Waals surface area contributed by atoms with Gasteiger partial charge in [0.2, 0.25) is 5.91 Å². The molecule has 1 aromatic rings. The van der Waals surface area contributed by atoms with Crippen LogP contribution in [0.3, 0.4) is 0 Å². The molecule has 1 aromatic heterocycles. The summed E-state index contributed by atoms with van der Waals surface area (Å²) in [6, 6.07) is 1.67. The van der Waals surface area contributed by atoms with Gasteiger partial charge in [0, 0.05) is 12.6 Å². The lowest BCUT2D eigenvalue weighted by molar-refractivity contribution is -0.121. The molecule has 0 aromatic carbocycles. The van der Waals surface area contributed by atoms with E-state index >= 15 is 0 Å². The number of nitrogens with one attached hydrogen (secondary N) is 1. The molecule has 24 heavy (non-hydrogen) atoms. The molecule has 1 heterocycles. The fourth-order valence-corrected chi connectivity index (χ4v) is 3.58. The third-order valence-corrected chi connectivity index (χ3v) is 4.97. The minimum atomic E-state index is -0.166. The van der Waals surface area contributed by atoms with Crippen molar-refractivity contribution in [2.45, 2.75) is 70.8 Å². The maximum atomic E-state index is 12.2. The van der Waals surface area contributed by atoms with Crippen LogP contribution >= 0.6 is 0 Å². The smallest absolute Gasteiger partial charge is 0.267 e. The van der Waals surface area contributed by atoms with Crippen LogP contribution in [0.4, 0.5) is 0 Å². The van der Waals surface area contributed by atoms with E-state index < -0.39 is 0 Å². The van der Waals surface area contributed by atoms with Crippen LogP contribution in [0.25, 0.3) is 0 Å². The van der Waals surface area contributed by atoms with Crippen molar-refractivity contribution in [3.8, 4) is 0 Å². The second-order valence-electron chi connectivity index (χ2n) is 6.88. The third-order valence-electron chi connectivity index (χ3n) is 4.97. The first-order valence-electron chi connectivity index (χ1n) is 9.27. The fourth-order valence-electron chi connectivity index (χ4n) is 3.58. The lowest BCUT2D eigenvalue weighted by Crippen LogP contribution is -2.34. The number of rotatable bonds is 5. The number of hydrogen-bond donors (Lipinski definition) is 1. The lowest BCUT2D eigenvalue weighted by Gasteiger charge is -2.13. The van der Waals surface area contributed by atoms with E-state index in [2.05, 4.69) is 16.5 Å². The zero-order valence-corrected chi connectivity index (χ0v) is 14.4. The third kappa shape index (κ3) is 4.56. The molecule has 130 valence electrons. The van der Waals surface area contributed by atoms with Gasteiger partial charge in [-0.3, -0.25) is 9.59 Å². The number of amides is 1. The van der Waals surface area contributed by atoms with Gasteiger partial charge in [0.05, 0.1) is 5.69 Å². The molecule has 0 saturated heterocycles. The number of aryl methyl sites for hydroxylation is 2. The van der Waals surface area contributed by atoms with Gasteiger partial charge in [-0.25, -0.2) is 4.68 Å². The van der Waals surface area contributed by atoms with Gasteiger partial charge in [-0.1, -0.05) is 18.1 Å². The van der Waals surface area contributed by atoms with E-state index in [1.165, 1.54) is 29.5 Å². The van der Waals surface area contributed by atoms with Crippen LogP contribution in [0.5, 0.6) is 0 Å². The monoisotopic (exact) mass is 329 g/mol. The van der Waals surface area contributed by atoms with Crippen molar-refractivity contribution in [1.29, 1.82) is 0 Å². The molecular formula is C19H27N3O2. The summed E-state index contributed by atoms with van der Waals surface area (Å²) in [5, 5.41) is 7.36. The van der Waals surface area contributed by atoms with E-state index in [4.69, 9.17) is 0 Å². The van der Waals surface area contributed by atoms with Crippen LogP contribution in [0.2, 0.25) is 0 Å². The average molecular weight is 329 g/mol. The van der Waals surface area contributed by atoms with Crippen molar-refractivity contribution in [3.63, 3.8) is 0 Å². The van der Waals surface area contributed by atoms with Crippen LogP contribution in [0.15, 0.2) is 22.5 Å². The maximum absolute atomic E-state index is 12.2. The molecule has 0 spiro atoms. The quantitative estimate of drug-likeness (QED) is 0.667. The molecular weight excluding hydrogens is 302 g/mol. The molecule has 1 amide bonds. The summed E-state index contributed by atoms with van der Waals surface area (Å²) in [7, 11) is 0. The summed E-state index contributed by atoms with van der Waals surface area (Å²) >= 11 is 0. The Bertz CT molecular complexity index is 676. The van der Waals surface area contributed by atoms with E-state index in [1.54, 1.807) is 6.07 Å². The summed E-state index contributed by atoms with van der Waals surface area (Å²) in [6.45, 7) is 0.662. The Kier molecular flexibility index (Phi) is 5.83. The first-order chi connectivity index (χ1) is 11.7. The molecule has 0 aliphatic heterocycles. The minimum Gasteiger partial charge on any atom is -0.354 e. The standard InChI is InChI=1S/C19H27N3O2/c23-18(20-12-11-15-7-3-1-4-8-15)14-22-19(24)13-16-9-5-2-6-10-17(16)21-22/h7,13H,1-6,8-12,14H2,(H,20,23). The van der Waals surface area contributed by atoms with Gasteiger partial charge in [0.15, 0.2) is 0 Å². The van der Waals surface area contributed by atoms with Gasteiger partial charge in [-0.15, -0.1) is 0 Å². The SMILES string of the molecule is O=C(Cn1nc2c(cc1=O)CCCCC2)NCCC1=CCCCC1. The second-order valence-corrected chi connectivity index (χ2v) is 6.88. The fraction of sp³-hybridized carbons (Fsp3) is 0.632. The highest BCUT2D eigenvalue weighted by molar-refractivity contribution is 5.75. The topological polar surface area (TPSA) is 64.0 Å². The van der Waals surface area contributed by atoms with Gasteiger partial charge in [0.25, 0.3) is 5.56 Å². The minimum absolute atomic E-state index is 0.0190. The molecule has 5 nitrogen and oxygen atoms in total. The van der Waals surface area contributed by atoms with Crippen LogP contribution in [0, 0.1) is 0 Å². The predicted octanol–water partition coefficient (Wildman–Crippen LogP) is 2.52. The Balaban J connectivity index is 1.55. The van der Waals surface area contributed by atoms with E-state index in [9.17, 15) is 9.59 Å².